The Morgan fingerprint density at radius 2 is 1.88 bits per heavy atom. The highest BCUT2D eigenvalue weighted by molar-refractivity contribution is 5.30. The lowest BCUT2D eigenvalue weighted by atomic mass is 9.92. The predicted octanol–water partition coefficient (Wildman–Crippen LogP) is 4.38. The largest absolute Gasteiger partial charge is 0.494 e. The van der Waals surface area contributed by atoms with Crippen LogP contribution in [-0.4, -0.2) is 29.4 Å². The van der Waals surface area contributed by atoms with Gasteiger partial charge < -0.3 is 18.8 Å². The fourth-order valence-electron chi connectivity index (χ4n) is 3.10. The molecule has 0 aliphatic carbocycles. The van der Waals surface area contributed by atoms with Gasteiger partial charge in [-0.3, -0.25) is 0 Å². The van der Waals surface area contributed by atoms with E-state index < -0.39 is 5.79 Å². The molecule has 1 aromatic carbocycles. The van der Waals surface area contributed by atoms with Gasteiger partial charge in [-0.25, -0.2) is 4.98 Å². The highest BCUT2D eigenvalue weighted by Gasteiger charge is 2.41. The summed E-state index contributed by atoms with van der Waals surface area (Å²) in [5, 5.41) is 0. The smallest absolute Gasteiger partial charge is 0.194 e. The van der Waals surface area contributed by atoms with E-state index in [4.69, 9.17) is 14.2 Å². The Bertz CT molecular complexity index is 655. The number of aryl methyl sites for hydroxylation is 1. The van der Waals surface area contributed by atoms with E-state index in [1.54, 1.807) is 6.20 Å². The molecule has 0 bridgehead atoms. The molecular formula is C21H30N2O3. The van der Waals surface area contributed by atoms with E-state index in [9.17, 15) is 0 Å². The van der Waals surface area contributed by atoms with Gasteiger partial charge in [-0.2, -0.15) is 0 Å². The van der Waals surface area contributed by atoms with E-state index >= 15 is 0 Å². The first-order chi connectivity index (χ1) is 12.5. The second-order valence-corrected chi connectivity index (χ2v) is 7.77. The fraction of sp³-hybridized carbons (Fsp3) is 0.571. The first kappa shape index (κ1) is 18.9. The van der Waals surface area contributed by atoms with Gasteiger partial charge in [-0.15, -0.1) is 0 Å². The van der Waals surface area contributed by atoms with Crippen molar-refractivity contribution in [3.05, 3.63) is 48.5 Å². The van der Waals surface area contributed by atoms with Crippen LogP contribution in [0, 0.1) is 5.41 Å². The molecule has 5 nitrogen and oxygen atoms in total. The van der Waals surface area contributed by atoms with Gasteiger partial charge in [0.05, 0.1) is 26.1 Å². The Morgan fingerprint density at radius 1 is 1.15 bits per heavy atom. The molecular weight excluding hydrogens is 328 g/mol. The number of hydrogen-bond donors (Lipinski definition) is 0. The zero-order valence-corrected chi connectivity index (χ0v) is 16.1. The van der Waals surface area contributed by atoms with Crippen LogP contribution in [0.2, 0.25) is 0 Å². The number of imidazole rings is 1. The first-order valence-corrected chi connectivity index (χ1v) is 9.50. The van der Waals surface area contributed by atoms with Crippen molar-refractivity contribution in [2.45, 2.75) is 52.4 Å². The minimum absolute atomic E-state index is 0.0397. The summed E-state index contributed by atoms with van der Waals surface area (Å²) in [6.07, 6.45) is 8.39. The Hall–Kier alpha value is -1.85. The zero-order chi connectivity index (χ0) is 18.5. The molecule has 26 heavy (non-hydrogen) atoms. The minimum Gasteiger partial charge on any atom is -0.494 e. The monoisotopic (exact) mass is 358 g/mol. The molecule has 0 N–H and O–H groups in total. The van der Waals surface area contributed by atoms with E-state index in [0.717, 1.165) is 43.7 Å². The van der Waals surface area contributed by atoms with Crippen LogP contribution in [-0.2, 0) is 21.8 Å². The van der Waals surface area contributed by atoms with Crippen molar-refractivity contribution in [2.24, 2.45) is 5.41 Å². The van der Waals surface area contributed by atoms with E-state index in [1.807, 2.05) is 24.7 Å². The van der Waals surface area contributed by atoms with Gasteiger partial charge in [0.1, 0.15) is 5.75 Å². The van der Waals surface area contributed by atoms with Gasteiger partial charge in [0, 0.05) is 36.3 Å². The molecule has 1 fully saturated rings. The van der Waals surface area contributed by atoms with Crippen LogP contribution in [0.15, 0.2) is 43.0 Å². The number of rotatable bonds is 8. The van der Waals surface area contributed by atoms with Crippen LogP contribution < -0.4 is 4.74 Å². The summed E-state index contributed by atoms with van der Waals surface area (Å²) in [4.78, 5) is 4.10. The van der Waals surface area contributed by atoms with Gasteiger partial charge >= 0.3 is 0 Å². The van der Waals surface area contributed by atoms with Crippen molar-refractivity contribution >= 4 is 0 Å². The maximum absolute atomic E-state index is 6.32. The van der Waals surface area contributed by atoms with Gasteiger partial charge in [0.2, 0.25) is 0 Å². The Balaban J connectivity index is 1.72. The van der Waals surface area contributed by atoms with Crippen LogP contribution in [0.5, 0.6) is 5.75 Å². The van der Waals surface area contributed by atoms with Crippen molar-refractivity contribution in [1.82, 2.24) is 9.55 Å². The highest BCUT2D eigenvalue weighted by atomic mass is 16.7. The third-order valence-corrected chi connectivity index (χ3v) is 4.64. The molecule has 0 saturated carbocycles. The summed E-state index contributed by atoms with van der Waals surface area (Å²) >= 11 is 0. The van der Waals surface area contributed by atoms with Crippen molar-refractivity contribution in [3.8, 4) is 5.75 Å². The normalized spacial score (nSPS) is 18.6. The quantitative estimate of drug-likeness (QED) is 0.702. The minimum atomic E-state index is -0.681. The SMILES string of the molecule is CCCOc1ccc(C2(CCCn3ccnc3)OCC(C)(C)CO2)cc1. The average molecular weight is 358 g/mol. The number of hydrogen-bond acceptors (Lipinski definition) is 4. The number of benzene rings is 1. The standard InChI is InChI=1S/C21H30N2O3/c1-4-14-24-19-8-6-18(7-9-19)21(25-15-20(2,3)16-26-21)10-5-12-23-13-11-22-17-23/h6-9,11,13,17H,4-5,10,12,14-16H2,1-3H3. The molecule has 3 rings (SSSR count). The summed E-state index contributed by atoms with van der Waals surface area (Å²) in [6.45, 7) is 9.45. The third kappa shape index (κ3) is 4.65. The molecule has 0 spiro atoms. The maximum Gasteiger partial charge on any atom is 0.194 e. The van der Waals surface area contributed by atoms with Crippen molar-refractivity contribution in [1.29, 1.82) is 0 Å². The van der Waals surface area contributed by atoms with E-state index in [-0.39, 0.29) is 5.41 Å². The van der Waals surface area contributed by atoms with E-state index in [2.05, 4.69) is 42.5 Å². The van der Waals surface area contributed by atoms with Crippen LogP contribution in [0.3, 0.4) is 0 Å². The topological polar surface area (TPSA) is 45.5 Å². The fourth-order valence-corrected chi connectivity index (χ4v) is 3.10. The van der Waals surface area contributed by atoms with Gasteiger partial charge in [-0.1, -0.05) is 20.8 Å². The lowest BCUT2D eigenvalue weighted by Gasteiger charge is -2.44. The molecule has 1 aliphatic rings. The molecule has 1 aliphatic heterocycles. The van der Waals surface area contributed by atoms with Gasteiger partial charge in [-0.05, 0) is 37.1 Å². The van der Waals surface area contributed by atoms with Crippen LogP contribution in [0.4, 0.5) is 0 Å². The molecule has 2 aromatic rings. The van der Waals surface area contributed by atoms with E-state index in [1.165, 1.54) is 0 Å². The summed E-state index contributed by atoms with van der Waals surface area (Å²) < 4.78 is 20.4. The second kappa shape index (κ2) is 8.23. The first-order valence-electron chi connectivity index (χ1n) is 9.50. The number of aromatic nitrogens is 2. The summed E-state index contributed by atoms with van der Waals surface area (Å²) in [6, 6.07) is 8.16. The molecule has 0 atom stereocenters. The van der Waals surface area contributed by atoms with E-state index in [0.29, 0.717) is 13.2 Å². The highest BCUT2D eigenvalue weighted by Crippen LogP contribution is 2.40. The molecule has 5 heteroatoms. The predicted molar refractivity (Wildman–Crippen MR) is 101 cm³/mol. The van der Waals surface area contributed by atoms with Crippen molar-refractivity contribution in [3.63, 3.8) is 0 Å². The lowest BCUT2D eigenvalue weighted by molar-refractivity contribution is -0.311. The zero-order valence-electron chi connectivity index (χ0n) is 16.1. The molecule has 142 valence electrons. The lowest BCUT2D eigenvalue weighted by Crippen LogP contribution is -2.45. The summed E-state index contributed by atoms with van der Waals surface area (Å²) in [5.74, 6) is 0.208. The molecule has 2 heterocycles. The van der Waals surface area contributed by atoms with Crippen LogP contribution >= 0.6 is 0 Å². The Morgan fingerprint density at radius 3 is 2.50 bits per heavy atom. The van der Waals surface area contributed by atoms with Gasteiger partial charge in [0.15, 0.2) is 5.79 Å². The Labute approximate surface area is 156 Å². The van der Waals surface area contributed by atoms with Gasteiger partial charge in [0.25, 0.3) is 0 Å². The molecule has 1 saturated heterocycles. The van der Waals surface area contributed by atoms with Crippen LogP contribution in [0.1, 0.15) is 45.6 Å². The van der Waals surface area contributed by atoms with Crippen molar-refractivity contribution < 1.29 is 14.2 Å². The molecule has 0 amide bonds. The maximum atomic E-state index is 6.32. The Kier molecular flexibility index (Phi) is 5.99. The summed E-state index contributed by atoms with van der Waals surface area (Å²) in [5.41, 5.74) is 1.10. The van der Waals surface area contributed by atoms with Crippen molar-refractivity contribution in [2.75, 3.05) is 19.8 Å². The molecule has 0 unspecified atom stereocenters. The molecule has 1 aromatic heterocycles. The van der Waals surface area contributed by atoms with Crippen LogP contribution in [0.25, 0.3) is 0 Å². The number of ether oxygens (including phenoxy) is 3. The average Bonchev–Trinajstić information content (AvgIpc) is 3.16. The third-order valence-electron chi connectivity index (χ3n) is 4.64. The molecule has 0 radical (unpaired) electrons. The second-order valence-electron chi connectivity index (χ2n) is 7.77. The summed E-state index contributed by atoms with van der Waals surface area (Å²) in [7, 11) is 0. The number of nitrogens with zero attached hydrogens (tertiary/aromatic N) is 2.